The van der Waals surface area contributed by atoms with Gasteiger partial charge in [-0.25, -0.2) is 0 Å². The van der Waals surface area contributed by atoms with Crippen molar-refractivity contribution < 1.29 is 4.84 Å². The first-order valence-corrected chi connectivity index (χ1v) is 7.09. The number of hydrogen-bond acceptors (Lipinski definition) is 3. The van der Waals surface area contributed by atoms with Crippen LogP contribution < -0.4 is 4.84 Å². The molecule has 2 aromatic rings. The average Bonchev–Trinajstić information content (AvgIpc) is 2.87. The van der Waals surface area contributed by atoms with E-state index in [0.29, 0.717) is 6.04 Å². The van der Waals surface area contributed by atoms with Gasteiger partial charge in [0.05, 0.1) is 6.04 Å². The maximum atomic E-state index is 5.89. The molecule has 1 unspecified atom stereocenters. The number of rotatable bonds is 5. The summed E-state index contributed by atoms with van der Waals surface area (Å²) in [6.07, 6.45) is 1.03. The summed E-state index contributed by atoms with van der Waals surface area (Å²) in [5.74, 6) is 0.887. The van der Waals surface area contributed by atoms with E-state index in [0.717, 1.165) is 12.2 Å². The highest BCUT2D eigenvalue weighted by Crippen LogP contribution is 2.28. The molecule has 0 spiro atoms. The molecule has 96 valence electrons. The highest BCUT2D eigenvalue weighted by Gasteiger charge is 2.17. The van der Waals surface area contributed by atoms with Gasteiger partial charge in [-0.15, -0.1) is 16.4 Å². The van der Waals surface area contributed by atoms with Crippen LogP contribution >= 0.6 is 11.3 Å². The Hall–Kier alpha value is -1.32. The topological polar surface area (TPSA) is 12.5 Å². The van der Waals surface area contributed by atoms with Gasteiger partial charge in [0.15, 0.2) is 0 Å². The summed E-state index contributed by atoms with van der Waals surface area (Å²) in [6, 6.07) is 12.7. The SMILES string of the molecule is CCC(c1cccs1)N(C)Oc1ccc(C)cc1. The van der Waals surface area contributed by atoms with Crippen LogP contribution in [0.2, 0.25) is 0 Å². The molecule has 0 amide bonds. The number of nitrogens with zero attached hydrogens (tertiary/aromatic N) is 1. The molecule has 1 heterocycles. The van der Waals surface area contributed by atoms with Crippen molar-refractivity contribution in [3.8, 4) is 5.75 Å². The van der Waals surface area contributed by atoms with Gasteiger partial charge in [-0.3, -0.25) is 0 Å². The fourth-order valence-electron chi connectivity index (χ4n) is 1.95. The third kappa shape index (κ3) is 3.12. The second-order valence-corrected chi connectivity index (χ2v) is 5.37. The van der Waals surface area contributed by atoms with Gasteiger partial charge >= 0.3 is 0 Å². The van der Waals surface area contributed by atoms with Crippen LogP contribution in [0.15, 0.2) is 41.8 Å². The molecule has 0 N–H and O–H groups in total. The molecule has 0 saturated heterocycles. The molecule has 1 aromatic heterocycles. The van der Waals surface area contributed by atoms with Gasteiger partial charge in [0.25, 0.3) is 0 Å². The second kappa shape index (κ2) is 6.03. The summed E-state index contributed by atoms with van der Waals surface area (Å²) in [5, 5.41) is 4.05. The fourth-order valence-corrected chi connectivity index (χ4v) is 2.89. The molecule has 0 aliphatic carbocycles. The summed E-state index contributed by atoms with van der Waals surface area (Å²) < 4.78 is 0. The highest BCUT2D eigenvalue weighted by molar-refractivity contribution is 7.10. The van der Waals surface area contributed by atoms with Crippen molar-refractivity contribution in [3.63, 3.8) is 0 Å². The zero-order chi connectivity index (χ0) is 13.0. The first-order valence-electron chi connectivity index (χ1n) is 6.21. The third-order valence-corrected chi connectivity index (χ3v) is 3.94. The summed E-state index contributed by atoms with van der Waals surface area (Å²) in [6.45, 7) is 4.26. The van der Waals surface area contributed by atoms with Crippen molar-refractivity contribution in [1.82, 2.24) is 5.06 Å². The Bertz CT molecular complexity index is 464. The van der Waals surface area contributed by atoms with Gasteiger partial charge in [0, 0.05) is 11.9 Å². The van der Waals surface area contributed by atoms with E-state index in [1.807, 2.05) is 24.2 Å². The zero-order valence-electron chi connectivity index (χ0n) is 11.1. The molecule has 1 atom stereocenters. The minimum absolute atomic E-state index is 0.311. The first kappa shape index (κ1) is 13.1. The van der Waals surface area contributed by atoms with Crippen LogP contribution in [0.4, 0.5) is 0 Å². The number of benzene rings is 1. The van der Waals surface area contributed by atoms with Gasteiger partial charge in [-0.05, 0) is 36.9 Å². The van der Waals surface area contributed by atoms with Crippen LogP contribution in [0, 0.1) is 6.92 Å². The Kier molecular flexibility index (Phi) is 4.39. The molecular weight excluding hydrogens is 242 g/mol. The number of hydrogen-bond donors (Lipinski definition) is 0. The zero-order valence-corrected chi connectivity index (χ0v) is 11.9. The Morgan fingerprint density at radius 3 is 2.50 bits per heavy atom. The Labute approximate surface area is 113 Å². The van der Waals surface area contributed by atoms with E-state index in [-0.39, 0.29) is 0 Å². The molecule has 0 radical (unpaired) electrons. The van der Waals surface area contributed by atoms with Crippen LogP contribution in [-0.4, -0.2) is 12.1 Å². The number of thiophene rings is 1. The van der Waals surface area contributed by atoms with Crippen molar-refractivity contribution >= 4 is 11.3 Å². The molecule has 3 heteroatoms. The monoisotopic (exact) mass is 261 g/mol. The Balaban J connectivity index is 2.06. The van der Waals surface area contributed by atoms with Crippen LogP contribution in [-0.2, 0) is 0 Å². The highest BCUT2D eigenvalue weighted by atomic mass is 32.1. The lowest BCUT2D eigenvalue weighted by molar-refractivity contribution is -0.0724. The van der Waals surface area contributed by atoms with Gasteiger partial charge in [0.1, 0.15) is 5.75 Å². The molecule has 1 aromatic carbocycles. The Morgan fingerprint density at radius 1 is 1.22 bits per heavy atom. The molecule has 0 bridgehead atoms. The second-order valence-electron chi connectivity index (χ2n) is 4.39. The van der Waals surface area contributed by atoms with E-state index < -0.39 is 0 Å². The standard InChI is InChI=1S/C15H19NOS/c1-4-14(15-6-5-11-18-15)16(3)17-13-9-7-12(2)8-10-13/h5-11,14H,4H2,1-3H3. The van der Waals surface area contributed by atoms with E-state index >= 15 is 0 Å². The maximum Gasteiger partial charge on any atom is 0.147 e. The summed E-state index contributed by atoms with van der Waals surface area (Å²) in [7, 11) is 1.99. The van der Waals surface area contributed by atoms with Gasteiger partial charge in [-0.2, -0.15) is 0 Å². The van der Waals surface area contributed by atoms with Crippen LogP contribution in [0.1, 0.15) is 29.8 Å². The molecular formula is C15H19NOS. The predicted molar refractivity (Wildman–Crippen MR) is 76.9 cm³/mol. The van der Waals surface area contributed by atoms with E-state index in [9.17, 15) is 0 Å². The largest absolute Gasteiger partial charge is 0.406 e. The minimum atomic E-state index is 0.311. The molecule has 18 heavy (non-hydrogen) atoms. The van der Waals surface area contributed by atoms with Gasteiger partial charge in [0.2, 0.25) is 0 Å². The van der Waals surface area contributed by atoms with Crippen molar-refractivity contribution in [1.29, 1.82) is 0 Å². The molecule has 0 aliphatic rings. The lowest BCUT2D eigenvalue weighted by Crippen LogP contribution is -2.27. The van der Waals surface area contributed by atoms with Crippen LogP contribution in [0.25, 0.3) is 0 Å². The van der Waals surface area contributed by atoms with Gasteiger partial charge in [-0.1, -0.05) is 30.7 Å². The van der Waals surface area contributed by atoms with Crippen molar-refractivity contribution in [2.45, 2.75) is 26.3 Å². The normalized spacial score (nSPS) is 12.7. The smallest absolute Gasteiger partial charge is 0.147 e. The summed E-state index contributed by atoms with van der Waals surface area (Å²) in [5.41, 5.74) is 1.25. The Morgan fingerprint density at radius 2 is 1.94 bits per heavy atom. The van der Waals surface area contributed by atoms with E-state index in [2.05, 4.69) is 43.5 Å². The van der Waals surface area contributed by atoms with E-state index in [4.69, 9.17) is 4.84 Å². The predicted octanol–water partition coefficient (Wildman–Crippen LogP) is 4.43. The van der Waals surface area contributed by atoms with Crippen LogP contribution in [0.5, 0.6) is 5.75 Å². The fraction of sp³-hybridized carbons (Fsp3) is 0.333. The number of aryl methyl sites for hydroxylation is 1. The molecule has 0 aliphatic heterocycles. The maximum absolute atomic E-state index is 5.89. The summed E-state index contributed by atoms with van der Waals surface area (Å²) >= 11 is 1.78. The number of hydroxylamine groups is 2. The average molecular weight is 261 g/mol. The molecule has 0 saturated carbocycles. The van der Waals surface area contributed by atoms with Crippen molar-refractivity contribution in [2.75, 3.05) is 7.05 Å². The third-order valence-electron chi connectivity index (χ3n) is 2.97. The summed E-state index contributed by atoms with van der Waals surface area (Å²) in [4.78, 5) is 7.23. The molecule has 2 nitrogen and oxygen atoms in total. The van der Waals surface area contributed by atoms with Gasteiger partial charge < -0.3 is 4.84 Å². The van der Waals surface area contributed by atoms with Crippen LogP contribution in [0.3, 0.4) is 0 Å². The quantitative estimate of drug-likeness (QED) is 0.738. The molecule has 0 fully saturated rings. The minimum Gasteiger partial charge on any atom is -0.406 e. The lowest BCUT2D eigenvalue weighted by atomic mass is 10.2. The molecule has 2 rings (SSSR count). The lowest BCUT2D eigenvalue weighted by Gasteiger charge is -2.25. The van der Waals surface area contributed by atoms with Crippen molar-refractivity contribution in [2.24, 2.45) is 0 Å². The first-order chi connectivity index (χ1) is 8.70. The van der Waals surface area contributed by atoms with E-state index in [1.165, 1.54) is 10.4 Å². The van der Waals surface area contributed by atoms with E-state index in [1.54, 1.807) is 11.3 Å². The van der Waals surface area contributed by atoms with Crippen molar-refractivity contribution in [3.05, 3.63) is 52.2 Å².